The van der Waals surface area contributed by atoms with Crippen LogP contribution in [0, 0.1) is 0 Å². The van der Waals surface area contributed by atoms with Gasteiger partial charge >= 0.3 is 6.09 Å². The standard InChI is InChI=1S/C8H15NO2/c1-2-9(8(10)11)7-5-3-4-6-7/h7H,2-6H2,1H3,(H,10,11). The van der Waals surface area contributed by atoms with E-state index < -0.39 is 6.09 Å². The molecule has 0 radical (unpaired) electrons. The van der Waals surface area contributed by atoms with Crippen LogP contribution in [0.2, 0.25) is 0 Å². The van der Waals surface area contributed by atoms with Crippen LogP contribution >= 0.6 is 0 Å². The van der Waals surface area contributed by atoms with Gasteiger partial charge in [0, 0.05) is 12.6 Å². The predicted octanol–water partition coefficient (Wildman–Crippen LogP) is 1.93. The summed E-state index contributed by atoms with van der Waals surface area (Å²) < 4.78 is 0. The predicted molar refractivity (Wildman–Crippen MR) is 42.7 cm³/mol. The first-order chi connectivity index (χ1) is 5.25. The summed E-state index contributed by atoms with van der Waals surface area (Å²) in [4.78, 5) is 12.2. The Morgan fingerprint density at radius 3 is 2.45 bits per heavy atom. The lowest BCUT2D eigenvalue weighted by Crippen LogP contribution is -2.37. The third kappa shape index (κ3) is 1.85. The minimum atomic E-state index is -0.764. The fourth-order valence-corrected chi connectivity index (χ4v) is 1.77. The zero-order valence-electron chi connectivity index (χ0n) is 6.92. The lowest BCUT2D eigenvalue weighted by molar-refractivity contribution is 0.128. The molecule has 0 spiro atoms. The molecule has 1 rings (SSSR count). The molecule has 1 fully saturated rings. The normalized spacial score (nSPS) is 18.6. The molecule has 0 aromatic carbocycles. The zero-order valence-corrected chi connectivity index (χ0v) is 6.92. The van der Waals surface area contributed by atoms with Gasteiger partial charge in [0.1, 0.15) is 0 Å². The Kier molecular flexibility index (Phi) is 2.74. The summed E-state index contributed by atoms with van der Waals surface area (Å²) in [6.07, 6.45) is 3.72. The molecule has 1 N–H and O–H groups in total. The molecule has 0 aromatic rings. The molecule has 3 nitrogen and oxygen atoms in total. The molecule has 11 heavy (non-hydrogen) atoms. The Morgan fingerprint density at radius 2 is 2.09 bits per heavy atom. The Balaban J connectivity index is 2.46. The molecule has 1 amide bonds. The van der Waals surface area contributed by atoms with Crippen molar-refractivity contribution in [3.63, 3.8) is 0 Å². The Bertz CT molecular complexity index is 141. The van der Waals surface area contributed by atoms with E-state index in [9.17, 15) is 4.79 Å². The molecule has 1 saturated carbocycles. The van der Waals surface area contributed by atoms with E-state index in [1.54, 1.807) is 4.90 Å². The summed E-state index contributed by atoms with van der Waals surface area (Å²) in [5.74, 6) is 0. The van der Waals surface area contributed by atoms with Crippen molar-refractivity contribution < 1.29 is 9.90 Å². The second kappa shape index (κ2) is 3.60. The molecular weight excluding hydrogens is 142 g/mol. The first-order valence-electron chi connectivity index (χ1n) is 4.25. The average molecular weight is 157 g/mol. The molecule has 3 heteroatoms. The minimum absolute atomic E-state index is 0.303. The van der Waals surface area contributed by atoms with Gasteiger partial charge in [-0.15, -0.1) is 0 Å². The quantitative estimate of drug-likeness (QED) is 0.665. The number of amides is 1. The number of hydrogen-bond donors (Lipinski definition) is 1. The highest BCUT2D eigenvalue weighted by Gasteiger charge is 2.24. The van der Waals surface area contributed by atoms with Gasteiger partial charge in [0.25, 0.3) is 0 Å². The molecule has 0 bridgehead atoms. The number of carboxylic acid groups (broad SMARTS) is 1. The fraction of sp³-hybridized carbons (Fsp3) is 0.875. The van der Waals surface area contributed by atoms with E-state index in [1.807, 2.05) is 6.92 Å². The van der Waals surface area contributed by atoms with E-state index in [0.717, 1.165) is 12.8 Å². The summed E-state index contributed by atoms with van der Waals surface area (Å²) in [6.45, 7) is 2.52. The van der Waals surface area contributed by atoms with Gasteiger partial charge < -0.3 is 10.0 Å². The molecular formula is C8H15NO2. The van der Waals surface area contributed by atoms with Crippen LogP contribution in [0.5, 0.6) is 0 Å². The van der Waals surface area contributed by atoms with Crippen molar-refractivity contribution in [2.75, 3.05) is 6.54 Å². The molecule has 0 heterocycles. The summed E-state index contributed by atoms with van der Waals surface area (Å²) >= 11 is 0. The first kappa shape index (κ1) is 8.37. The zero-order chi connectivity index (χ0) is 8.27. The van der Waals surface area contributed by atoms with Crippen LogP contribution in [-0.2, 0) is 0 Å². The van der Waals surface area contributed by atoms with Gasteiger partial charge in [-0.1, -0.05) is 12.8 Å². The fourth-order valence-electron chi connectivity index (χ4n) is 1.77. The third-order valence-corrected chi connectivity index (χ3v) is 2.35. The average Bonchev–Trinajstić information content (AvgIpc) is 2.40. The van der Waals surface area contributed by atoms with Gasteiger partial charge in [-0.05, 0) is 19.8 Å². The summed E-state index contributed by atoms with van der Waals surface area (Å²) in [5, 5.41) is 8.76. The lowest BCUT2D eigenvalue weighted by Gasteiger charge is -2.23. The highest BCUT2D eigenvalue weighted by molar-refractivity contribution is 5.65. The van der Waals surface area contributed by atoms with Gasteiger partial charge in [-0.25, -0.2) is 4.79 Å². The third-order valence-electron chi connectivity index (χ3n) is 2.35. The van der Waals surface area contributed by atoms with E-state index in [1.165, 1.54) is 12.8 Å². The van der Waals surface area contributed by atoms with Crippen LogP contribution < -0.4 is 0 Å². The highest BCUT2D eigenvalue weighted by atomic mass is 16.4. The summed E-state index contributed by atoms with van der Waals surface area (Å²) in [7, 11) is 0. The van der Waals surface area contributed by atoms with Gasteiger partial charge in [0.15, 0.2) is 0 Å². The number of rotatable bonds is 2. The maximum absolute atomic E-state index is 10.6. The van der Waals surface area contributed by atoms with E-state index in [-0.39, 0.29) is 0 Å². The van der Waals surface area contributed by atoms with Crippen molar-refractivity contribution in [1.82, 2.24) is 4.90 Å². The van der Waals surface area contributed by atoms with Crippen LogP contribution in [0.1, 0.15) is 32.6 Å². The molecule has 0 unspecified atom stereocenters. The minimum Gasteiger partial charge on any atom is -0.465 e. The molecule has 0 atom stereocenters. The molecule has 1 aliphatic rings. The van der Waals surface area contributed by atoms with Crippen molar-refractivity contribution in [2.24, 2.45) is 0 Å². The first-order valence-corrected chi connectivity index (χ1v) is 4.25. The van der Waals surface area contributed by atoms with Gasteiger partial charge in [0.05, 0.1) is 0 Å². The molecule has 1 aliphatic carbocycles. The van der Waals surface area contributed by atoms with Gasteiger partial charge in [0.2, 0.25) is 0 Å². The molecule has 0 aliphatic heterocycles. The van der Waals surface area contributed by atoms with Crippen LogP contribution in [0.15, 0.2) is 0 Å². The Morgan fingerprint density at radius 1 is 1.55 bits per heavy atom. The number of hydrogen-bond acceptors (Lipinski definition) is 1. The smallest absolute Gasteiger partial charge is 0.407 e. The van der Waals surface area contributed by atoms with Crippen molar-refractivity contribution in [3.8, 4) is 0 Å². The van der Waals surface area contributed by atoms with E-state index >= 15 is 0 Å². The maximum atomic E-state index is 10.6. The molecule has 0 aromatic heterocycles. The second-order valence-electron chi connectivity index (χ2n) is 3.01. The van der Waals surface area contributed by atoms with Crippen molar-refractivity contribution in [2.45, 2.75) is 38.6 Å². The topological polar surface area (TPSA) is 40.5 Å². The molecule has 64 valence electrons. The van der Waals surface area contributed by atoms with Crippen LogP contribution in [0.25, 0.3) is 0 Å². The number of carbonyl (C=O) groups is 1. The number of nitrogens with zero attached hydrogens (tertiary/aromatic N) is 1. The second-order valence-corrected chi connectivity index (χ2v) is 3.01. The van der Waals surface area contributed by atoms with Gasteiger partial charge in [-0.3, -0.25) is 0 Å². The van der Waals surface area contributed by atoms with E-state index in [2.05, 4.69) is 0 Å². The highest BCUT2D eigenvalue weighted by Crippen LogP contribution is 2.22. The monoisotopic (exact) mass is 157 g/mol. The van der Waals surface area contributed by atoms with Crippen LogP contribution in [0.4, 0.5) is 4.79 Å². The largest absolute Gasteiger partial charge is 0.465 e. The maximum Gasteiger partial charge on any atom is 0.407 e. The lowest BCUT2D eigenvalue weighted by atomic mass is 10.2. The van der Waals surface area contributed by atoms with Gasteiger partial charge in [-0.2, -0.15) is 0 Å². The molecule has 0 saturated heterocycles. The Hall–Kier alpha value is -0.730. The van der Waals surface area contributed by atoms with E-state index in [4.69, 9.17) is 5.11 Å². The van der Waals surface area contributed by atoms with Crippen molar-refractivity contribution in [3.05, 3.63) is 0 Å². The van der Waals surface area contributed by atoms with Crippen LogP contribution in [-0.4, -0.2) is 28.7 Å². The van der Waals surface area contributed by atoms with Crippen molar-refractivity contribution >= 4 is 6.09 Å². The summed E-state index contributed by atoms with van der Waals surface area (Å²) in [6, 6.07) is 0.303. The van der Waals surface area contributed by atoms with E-state index in [0.29, 0.717) is 12.6 Å². The van der Waals surface area contributed by atoms with Crippen molar-refractivity contribution in [1.29, 1.82) is 0 Å². The SMILES string of the molecule is CCN(C(=O)O)C1CCCC1. The summed E-state index contributed by atoms with van der Waals surface area (Å²) in [5.41, 5.74) is 0. The Labute approximate surface area is 67.0 Å². The van der Waals surface area contributed by atoms with Crippen LogP contribution in [0.3, 0.4) is 0 Å².